The van der Waals surface area contributed by atoms with Gasteiger partial charge in [-0.25, -0.2) is 18.4 Å². The van der Waals surface area contributed by atoms with Gasteiger partial charge in [-0.15, -0.1) is 0 Å². The van der Waals surface area contributed by atoms with Crippen molar-refractivity contribution in [2.75, 3.05) is 13.7 Å². The third kappa shape index (κ3) is 4.44. The number of rotatable bonds is 6. The highest BCUT2D eigenvalue weighted by Gasteiger charge is 2.20. The number of furan rings is 2. The SMILES string of the molecule is CN(Cc1ccco1)C(=O)COC(=O)c1ccc(S(N)(=O)=O)o1. The van der Waals surface area contributed by atoms with Crippen LogP contribution in [-0.2, 0) is 26.1 Å². The second-order valence-corrected chi connectivity index (χ2v) is 6.06. The van der Waals surface area contributed by atoms with Crippen LogP contribution in [0.5, 0.6) is 0 Å². The van der Waals surface area contributed by atoms with Gasteiger partial charge in [-0.3, -0.25) is 4.79 Å². The molecule has 0 atom stereocenters. The fourth-order valence-electron chi connectivity index (χ4n) is 1.62. The van der Waals surface area contributed by atoms with Crippen molar-refractivity contribution in [3.8, 4) is 0 Å². The number of likely N-dealkylation sites (N-methyl/N-ethyl adjacent to an activating group) is 1. The fourth-order valence-corrected chi connectivity index (χ4v) is 2.08. The molecular weight excluding hydrogens is 328 g/mol. The molecule has 2 rings (SSSR count). The molecule has 0 aliphatic heterocycles. The Hall–Kier alpha value is -2.59. The first-order valence-electron chi connectivity index (χ1n) is 6.33. The molecule has 2 aromatic rings. The lowest BCUT2D eigenvalue weighted by atomic mass is 10.4. The minimum Gasteiger partial charge on any atom is -0.467 e. The zero-order chi connectivity index (χ0) is 17.0. The third-order valence-electron chi connectivity index (χ3n) is 2.79. The Bertz CT molecular complexity index is 792. The van der Waals surface area contributed by atoms with Gasteiger partial charge in [-0.2, -0.15) is 0 Å². The van der Waals surface area contributed by atoms with E-state index in [9.17, 15) is 18.0 Å². The molecule has 2 N–H and O–H groups in total. The monoisotopic (exact) mass is 342 g/mol. The van der Waals surface area contributed by atoms with Crippen molar-refractivity contribution in [1.29, 1.82) is 0 Å². The third-order valence-corrected chi connectivity index (χ3v) is 3.57. The first kappa shape index (κ1) is 16.8. The molecule has 0 unspecified atom stereocenters. The minimum atomic E-state index is -4.05. The van der Waals surface area contributed by atoms with Crippen LogP contribution in [0.2, 0.25) is 0 Å². The van der Waals surface area contributed by atoms with E-state index in [4.69, 9.17) is 18.7 Å². The summed E-state index contributed by atoms with van der Waals surface area (Å²) in [6.45, 7) is -0.304. The van der Waals surface area contributed by atoms with E-state index in [0.29, 0.717) is 5.76 Å². The summed E-state index contributed by atoms with van der Waals surface area (Å²) in [5.74, 6) is -1.22. The number of sulfonamides is 1. The quantitative estimate of drug-likeness (QED) is 0.748. The maximum Gasteiger partial charge on any atom is 0.374 e. The average Bonchev–Trinajstić information content (AvgIpc) is 3.14. The van der Waals surface area contributed by atoms with Crippen molar-refractivity contribution in [3.05, 3.63) is 42.0 Å². The van der Waals surface area contributed by atoms with Crippen molar-refractivity contribution in [2.24, 2.45) is 5.14 Å². The zero-order valence-electron chi connectivity index (χ0n) is 12.1. The Morgan fingerprint density at radius 2 is 2.04 bits per heavy atom. The van der Waals surface area contributed by atoms with E-state index in [1.807, 2.05) is 0 Å². The summed E-state index contributed by atoms with van der Waals surface area (Å²) in [4.78, 5) is 24.8. The van der Waals surface area contributed by atoms with E-state index >= 15 is 0 Å². The lowest BCUT2D eigenvalue weighted by molar-refractivity contribution is -0.134. The molecular formula is C13H14N2O7S. The predicted octanol–water partition coefficient (Wildman–Crippen LogP) is 0.335. The maximum absolute atomic E-state index is 11.8. The molecule has 0 aliphatic carbocycles. The van der Waals surface area contributed by atoms with Gasteiger partial charge in [0.2, 0.25) is 10.9 Å². The molecule has 23 heavy (non-hydrogen) atoms. The molecule has 0 saturated heterocycles. The molecule has 2 heterocycles. The standard InChI is InChI=1S/C13H14N2O7S/c1-15(7-9-3-2-6-20-9)11(16)8-21-13(17)10-4-5-12(22-10)23(14,18)19/h2-6H,7-8H2,1H3,(H2,14,18,19). The van der Waals surface area contributed by atoms with Crippen molar-refractivity contribution in [3.63, 3.8) is 0 Å². The number of nitrogens with zero attached hydrogens (tertiary/aromatic N) is 1. The van der Waals surface area contributed by atoms with Crippen LogP contribution in [0.15, 0.2) is 44.5 Å². The van der Waals surface area contributed by atoms with Gasteiger partial charge in [0, 0.05) is 7.05 Å². The van der Waals surface area contributed by atoms with Crippen LogP contribution in [0.1, 0.15) is 16.3 Å². The summed E-state index contributed by atoms with van der Waals surface area (Å²) >= 11 is 0. The Morgan fingerprint density at radius 1 is 1.30 bits per heavy atom. The van der Waals surface area contributed by atoms with Gasteiger partial charge in [0.15, 0.2) is 6.61 Å². The number of carbonyl (C=O) groups excluding carboxylic acids is 2. The first-order valence-corrected chi connectivity index (χ1v) is 7.88. The molecule has 0 bridgehead atoms. The number of nitrogens with two attached hydrogens (primary N) is 1. The van der Waals surface area contributed by atoms with E-state index in [1.54, 1.807) is 12.1 Å². The summed E-state index contributed by atoms with van der Waals surface area (Å²) in [6, 6.07) is 5.51. The lowest BCUT2D eigenvalue weighted by Crippen LogP contribution is -2.30. The highest BCUT2D eigenvalue weighted by Crippen LogP contribution is 2.13. The van der Waals surface area contributed by atoms with Crippen molar-refractivity contribution in [1.82, 2.24) is 4.90 Å². The summed E-state index contributed by atoms with van der Waals surface area (Å²) < 4.78 is 36.7. The number of esters is 1. The molecule has 0 aromatic carbocycles. The topological polar surface area (TPSA) is 133 Å². The molecule has 10 heteroatoms. The smallest absolute Gasteiger partial charge is 0.374 e. The summed E-state index contributed by atoms with van der Waals surface area (Å²) in [7, 11) is -2.53. The largest absolute Gasteiger partial charge is 0.467 e. The number of amides is 1. The highest BCUT2D eigenvalue weighted by atomic mass is 32.2. The zero-order valence-corrected chi connectivity index (χ0v) is 12.9. The number of hydrogen-bond donors (Lipinski definition) is 1. The molecule has 0 radical (unpaired) electrons. The van der Waals surface area contributed by atoms with Gasteiger partial charge < -0.3 is 18.5 Å². The summed E-state index contributed by atoms with van der Waals surface area (Å²) in [6.07, 6.45) is 1.48. The Balaban J connectivity index is 1.88. The number of primary sulfonamides is 1. The molecule has 9 nitrogen and oxygen atoms in total. The van der Waals surface area contributed by atoms with Crippen LogP contribution in [-0.4, -0.2) is 38.8 Å². The summed E-state index contributed by atoms with van der Waals surface area (Å²) in [5, 5.41) is 4.29. The number of carbonyl (C=O) groups is 2. The molecule has 0 fully saturated rings. The van der Waals surface area contributed by atoms with Crippen LogP contribution >= 0.6 is 0 Å². The van der Waals surface area contributed by atoms with Gasteiger partial charge in [-0.05, 0) is 24.3 Å². The Labute approximate surface area is 131 Å². The lowest BCUT2D eigenvalue weighted by Gasteiger charge is -2.15. The second kappa shape index (κ2) is 6.67. The molecule has 1 amide bonds. The Kier molecular flexibility index (Phi) is 4.86. The van der Waals surface area contributed by atoms with Crippen LogP contribution in [0.4, 0.5) is 0 Å². The molecule has 0 saturated carbocycles. The Morgan fingerprint density at radius 3 is 2.61 bits per heavy atom. The van der Waals surface area contributed by atoms with E-state index < -0.39 is 33.6 Å². The van der Waals surface area contributed by atoms with Gasteiger partial charge in [-0.1, -0.05) is 0 Å². The maximum atomic E-state index is 11.8. The molecule has 2 aromatic heterocycles. The van der Waals surface area contributed by atoms with Crippen molar-refractivity contribution >= 4 is 21.9 Å². The minimum absolute atomic E-state index is 0.222. The van der Waals surface area contributed by atoms with E-state index in [2.05, 4.69) is 0 Å². The van der Waals surface area contributed by atoms with Crippen LogP contribution in [0, 0.1) is 0 Å². The number of ether oxygens (including phenoxy) is 1. The number of hydrogen-bond acceptors (Lipinski definition) is 7. The van der Waals surface area contributed by atoms with Crippen molar-refractivity contribution in [2.45, 2.75) is 11.6 Å². The van der Waals surface area contributed by atoms with Gasteiger partial charge >= 0.3 is 5.97 Å². The molecule has 124 valence electrons. The van der Waals surface area contributed by atoms with E-state index in [0.717, 1.165) is 12.1 Å². The van der Waals surface area contributed by atoms with Crippen LogP contribution in [0.25, 0.3) is 0 Å². The van der Waals surface area contributed by atoms with Gasteiger partial charge in [0.05, 0.1) is 12.8 Å². The van der Waals surface area contributed by atoms with E-state index in [1.165, 1.54) is 18.2 Å². The second-order valence-electron chi connectivity index (χ2n) is 4.57. The van der Waals surface area contributed by atoms with Gasteiger partial charge in [0.25, 0.3) is 15.9 Å². The highest BCUT2D eigenvalue weighted by molar-refractivity contribution is 7.89. The average molecular weight is 342 g/mol. The normalized spacial score (nSPS) is 11.2. The van der Waals surface area contributed by atoms with E-state index in [-0.39, 0.29) is 12.3 Å². The molecule has 0 spiro atoms. The van der Waals surface area contributed by atoms with Crippen molar-refractivity contribution < 1.29 is 31.6 Å². The van der Waals surface area contributed by atoms with Crippen LogP contribution < -0.4 is 5.14 Å². The first-order chi connectivity index (χ1) is 10.8. The fraction of sp³-hybridized carbons (Fsp3) is 0.231. The molecule has 0 aliphatic rings. The van der Waals surface area contributed by atoms with Gasteiger partial charge in [0.1, 0.15) is 5.76 Å². The summed E-state index contributed by atoms with van der Waals surface area (Å²) in [5.41, 5.74) is 0. The van der Waals surface area contributed by atoms with Crippen LogP contribution in [0.3, 0.4) is 0 Å². The predicted molar refractivity (Wildman–Crippen MR) is 75.5 cm³/mol.